The molecule has 8 heteroatoms. The minimum atomic E-state index is -0.512. The Labute approximate surface area is 97.8 Å². The van der Waals surface area contributed by atoms with E-state index in [4.69, 9.17) is 0 Å². The van der Waals surface area contributed by atoms with Gasteiger partial charge in [0.05, 0.1) is 17.8 Å². The fourth-order valence-electron chi connectivity index (χ4n) is 1.35. The molecule has 0 radical (unpaired) electrons. The Hall–Kier alpha value is -1.32. The molecule has 0 aliphatic carbocycles. The van der Waals surface area contributed by atoms with E-state index in [2.05, 4.69) is 37.7 Å². The van der Waals surface area contributed by atoms with E-state index in [-0.39, 0.29) is 5.82 Å². The highest BCUT2D eigenvalue weighted by atomic mass is 127. The van der Waals surface area contributed by atoms with Gasteiger partial charge in [0.1, 0.15) is 11.7 Å². The highest BCUT2D eigenvalue weighted by Crippen LogP contribution is 2.25. The average molecular weight is 319 g/mol. The molecular formula is C7H6IN5O2. The van der Waals surface area contributed by atoms with Gasteiger partial charge in [0.2, 0.25) is 0 Å². The van der Waals surface area contributed by atoms with Crippen LogP contribution in [-0.4, -0.2) is 24.7 Å². The summed E-state index contributed by atoms with van der Waals surface area (Å²) in [7, 11) is 1.62. The van der Waals surface area contributed by atoms with Crippen LogP contribution in [0, 0.1) is 10.1 Å². The molecule has 0 N–H and O–H groups in total. The number of nitro groups is 1. The summed E-state index contributed by atoms with van der Waals surface area (Å²) in [5.41, 5.74) is 1.13. The van der Waals surface area contributed by atoms with Crippen molar-refractivity contribution in [2.24, 2.45) is 7.05 Å². The van der Waals surface area contributed by atoms with Crippen molar-refractivity contribution in [3.8, 4) is 0 Å². The Morgan fingerprint density at radius 1 is 1.60 bits per heavy atom. The number of fused-ring (bicyclic) bond motifs is 1. The summed E-state index contributed by atoms with van der Waals surface area (Å²) in [6.07, 6.45) is 1.39. The van der Waals surface area contributed by atoms with Crippen LogP contribution in [0.3, 0.4) is 0 Å². The summed E-state index contributed by atoms with van der Waals surface area (Å²) in [6.45, 7) is 0. The number of hydrogen-bond donors (Lipinski definition) is 0. The molecule has 0 saturated heterocycles. The Bertz CT molecular complexity index is 537. The van der Waals surface area contributed by atoms with Crippen molar-refractivity contribution in [2.75, 3.05) is 0 Å². The number of aromatic nitrogens is 4. The van der Waals surface area contributed by atoms with E-state index in [1.807, 2.05) is 0 Å². The highest BCUT2D eigenvalue weighted by molar-refractivity contribution is 14.1. The van der Waals surface area contributed by atoms with Gasteiger partial charge in [-0.1, -0.05) is 22.6 Å². The molecule has 2 heterocycles. The van der Waals surface area contributed by atoms with Gasteiger partial charge in [0, 0.05) is 4.43 Å². The van der Waals surface area contributed by atoms with Gasteiger partial charge >= 0.3 is 5.82 Å². The predicted octanol–water partition coefficient (Wildman–Crippen LogP) is 1.21. The number of hydrogen-bond acceptors (Lipinski definition) is 5. The molecule has 0 unspecified atom stereocenters. The van der Waals surface area contributed by atoms with E-state index >= 15 is 0 Å². The maximum absolute atomic E-state index is 10.8. The third-order valence-electron chi connectivity index (χ3n) is 1.98. The highest BCUT2D eigenvalue weighted by Gasteiger charge is 2.23. The van der Waals surface area contributed by atoms with Crippen molar-refractivity contribution in [3.63, 3.8) is 0 Å². The van der Waals surface area contributed by atoms with E-state index in [9.17, 15) is 10.1 Å². The first-order chi connectivity index (χ1) is 7.15. The minimum absolute atomic E-state index is 0.181. The lowest BCUT2D eigenvalue weighted by molar-refractivity contribution is -0.388. The van der Waals surface area contributed by atoms with Gasteiger partial charge in [-0.25, -0.2) is 9.97 Å². The Morgan fingerprint density at radius 3 is 2.93 bits per heavy atom. The van der Waals surface area contributed by atoms with Crippen LogP contribution in [0.25, 0.3) is 11.0 Å². The van der Waals surface area contributed by atoms with Crippen LogP contribution in [0.5, 0.6) is 0 Å². The molecule has 2 rings (SSSR count). The summed E-state index contributed by atoms with van der Waals surface area (Å²) in [6, 6.07) is 0. The molecule has 0 spiro atoms. The minimum Gasteiger partial charge on any atom is -0.358 e. The van der Waals surface area contributed by atoms with Crippen LogP contribution >= 0.6 is 22.6 Å². The zero-order chi connectivity index (χ0) is 11.0. The Kier molecular flexibility index (Phi) is 2.50. The van der Waals surface area contributed by atoms with E-state index in [1.54, 1.807) is 7.05 Å². The second-order valence-electron chi connectivity index (χ2n) is 2.86. The number of alkyl halides is 1. The summed E-state index contributed by atoms with van der Waals surface area (Å²) < 4.78 is 1.98. The molecular weight excluding hydrogens is 313 g/mol. The van der Waals surface area contributed by atoms with Gasteiger partial charge in [-0.05, 0) is 4.92 Å². The van der Waals surface area contributed by atoms with Crippen molar-refractivity contribution < 1.29 is 4.92 Å². The largest absolute Gasteiger partial charge is 0.401 e. The first kappa shape index (κ1) is 10.2. The zero-order valence-electron chi connectivity index (χ0n) is 7.71. The number of halogens is 1. The molecule has 0 bridgehead atoms. The number of nitrogens with zero attached hydrogens (tertiary/aromatic N) is 5. The van der Waals surface area contributed by atoms with Crippen LogP contribution in [0.2, 0.25) is 0 Å². The fraction of sp³-hybridized carbons (Fsp3) is 0.286. The SMILES string of the molecule is Cn1nc([N+](=O)[O-])c2c(CI)ncnc21. The molecule has 0 fully saturated rings. The van der Waals surface area contributed by atoms with Crippen molar-refractivity contribution in [2.45, 2.75) is 4.43 Å². The molecule has 2 aromatic rings. The van der Waals surface area contributed by atoms with Crippen molar-refractivity contribution in [3.05, 3.63) is 22.1 Å². The van der Waals surface area contributed by atoms with Crippen LogP contribution in [0.15, 0.2) is 6.33 Å². The van der Waals surface area contributed by atoms with Crippen LogP contribution in [-0.2, 0) is 11.5 Å². The first-order valence-corrected chi connectivity index (χ1v) is 5.54. The van der Waals surface area contributed by atoms with Crippen LogP contribution < -0.4 is 0 Å². The zero-order valence-corrected chi connectivity index (χ0v) is 9.87. The third-order valence-corrected chi connectivity index (χ3v) is 2.70. The molecule has 2 aromatic heterocycles. The van der Waals surface area contributed by atoms with Gasteiger partial charge in [0.25, 0.3) is 0 Å². The lowest BCUT2D eigenvalue weighted by atomic mass is 10.3. The average Bonchev–Trinajstić information content (AvgIpc) is 2.56. The fourth-order valence-corrected chi connectivity index (χ4v) is 1.93. The molecule has 0 atom stereocenters. The molecule has 0 aromatic carbocycles. The standard InChI is InChI=1S/C7H6IN5O2/c1-12-6-5(7(11-12)13(14)15)4(2-8)9-3-10-6/h3H,2H2,1H3. The van der Waals surface area contributed by atoms with Crippen molar-refractivity contribution in [1.29, 1.82) is 0 Å². The maximum atomic E-state index is 10.8. The lowest BCUT2D eigenvalue weighted by Gasteiger charge is -1.95. The molecule has 0 aliphatic rings. The van der Waals surface area contributed by atoms with Crippen molar-refractivity contribution >= 4 is 39.4 Å². The second kappa shape index (κ2) is 3.68. The summed E-state index contributed by atoms with van der Waals surface area (Å²) in [5, 5.41) is 15.0. The Morgan fingerprint density at radius 2 is 2.33 bits per heavy atom. The molecule has 78 valence electrons. The summed E-state index contributed by atoms with van der Waals surface area (Å²) >= 11 is 2.10. The van der Waals surface area contributed by atoms with Crippen LogP contribution in [0.1, 0.15) is 5.69 Å². The number of aryl methyl sites for hydroxylation is 1. The predicted molar refractivity (Wildman–Crippen MR) is 60.7 cm³/mol. The molecule has 0 saturated carbocycles. The number of rotatable bonds is 2. The smallest absolute Gasteiger partial charge is 0.358 e. The topological polar surface area (TPSA) is 86.7 Å². The molecule has 15 heavy (non-hydrogen) atoms. The normalized spacial score (nSPS) is 10.8. The first-order valence-electron chi connectivity index (χ1n) is 4.02. The van der Waals surface area contributed by atoms with Gasteiger partial charge in [-0.2, -0.15) is 4.68 Å². The maximum Gasteiger partial charge on any atom is 0.401 e. The Balaban J connectivity index is 2.88. The second-order valence-corrected chi connectivity index (χ2v) is 3.62. The third kappa shape index (κ3) is 1.54. The summed E-state index contributed by atoms with van der Waals surface area (Å²) in [5.74, 6) is -0.181. The van der Waals surface area contributed by atoms with Gasteiger partial charge < -0.3 is 10.1 Å². The molecule has 0 aliphatic heterocycles. The quantitative estimate of drug-likeness (QED) is 0.359. The van der Waals surface area contributed by atoms with E-state index < -0.39 is 4.92 Å². The van der Waals surface area contributed by atoms with Gasteiger partial charge in [0.15, 0.2) is 5.65 Å². The molecule has 0 amide bonds. The monoisotopic (exact) mass is 319 g/mol. The summed E-state index contributed by atoms with van der Waals surface area (Å²) in [4.78, 5) is 18.2. The van der Waals surface area contributed by atoms with Crippen molar-refractivity contribution in [1.82, 2.24) is 19.7 Å². The van der Waals surface area contributed by atoms with E-state index in [1.165, 1.54) is 11.0 Å². The molecule has 7 nitrogen and oxygen atoms in total. The van der Waals surface area contributed by atoms with Gasteiger partial charge in [-0.15, -0.1) is 0 Å². The van der Waals surface area contributed by atoms with Gasteiger partial charge in [-0.3, -0.25) is 0 Å². The van der Waals surface area contributed by atoms with E-state index in [0.29, 0.717) is 21.2 Å². The lowest BCUT2D eigenvalue weighted by Crippen LogP contribution is -1.93. The van der Waals surface area contributed by atoms with Crippen LogP contribution in [0.4, 0.5) is 5.82 Å². The van der Waals surface area contributed by atoms with E-state index in [0.717, 1.165) is 0 Å².